The number of hydrogen-bond donors (Lipinski definition) is 1. The lowest BCUT2D eigenvalue weighted by Gasteiger charge is -2.43. The largest absolute Gasteiger partial charge is 0.377 e. The summed E-state index contributed by atoms with van der Waals surface area (Å²) in [5.74, 6) is 0. The lowest BCUT2D eigenvalue weighted by atomic mass is 10.0. The molecule has 94 valence electrons. The quantitative estimate of drug-likeness (QED) is 0.768. The molecule has 2 fully saturated rings. The summed E-state index contributed by atoms with van der Waals surface area (Å²) in [6.45, 7) is 8.76. The van der Waals surface area contributed by atoms with Crippen molar-refractivity contribution in [2.75, 3.05) is 32.8 Å². The van der Waals surface area contributed by atoms with E-state index in [1.807, 2.05) is 0 Å². The van der Waals surface area contributed by atoms with Crippen LogP contribution in [-0.4, -0.2) is 55.5 Å². The van der Waals surface area contributed by atoms with E-state index in [4.69, 9.17) is 15.2 Å². The zero-order valence-corrected chi connectivity index (χ0v) is 10.4. The van der Waals surface area contributed by atoms with Crippen LogP contribution in [0.25, 0.3) is 0 Å². The SMILES string of the molecule is CC1(C)CN(CC2CCCO2)CC(CN)O1. The molecule has 2 aliphatic heterocycles. The lowest BCUT2D eigenvalue weighted by molar-refractivity contribution is -0.137. The molecule has 4 heteroatoms. The monoisotopic (exact) mass is 228 g/mol. The summed E-state index contributed by atoms with van der Waals surface area (Å²) in [4.78, 5) is 2.44. The van der Waals surface area contributed by atoms with Gasteiger partial charge in [-0.3, -0.25) is 4.90 Å². The van der Waals surface area contributed by atoms with Gasteiger partial charge in [-0.15, -0.1) is 0 Å². The van der Waals surface area contributed by atoms with Crippen LogP contribution in [0.4, 0.5) is 0 Å². The third kappa shape index (κ3) is 3.17. The molecule has 2 N–H and O–H groups in total. The predicted molar refractivity (Wildman–Crippen MR) is 63.4 cm³/mol. The molecule has 2 atom stereocenters. The minimum atomic E-state index is -0.0824. The Morgan fingerprint density at radius 1 is 1.38 bits per heavy atom. The zero-order chi connectivity index (χ0) is 11.6. The minimum Gasteiger partial charge on any atom is -0.377 e. The van der Waals surface area contributed by atoms with Crippen molar-refractivity contribution >= 4 is 0 Å². The van der Waals surface area contributed by atoms with E-state index in [-0.39, 0.29) is 11.7 Å². The molecule has 2 saturated heterocycles. The van der Waals surface area contributed by atoms with E-state index < -0.39 is 0 Å². The van der Waals surface area contributed by atoms with E-state index in [1.165, 1.54) is 12.8 Å². The molecule has 16 heavy (non-hydrogen) atoms. The highest BCUT2D eigenvalue weighted by Crippen LogP contribution is 2.22. The van der Waals surface area contributed by atoms with Crippen LogP contribution in [0.3, 0.4) is 0 Å². The van der Waals surface area contributed by atoms with Crippen molar-refractivity contribution in [3.63, 3.8) is 0 Å². The van der Waals surface area contributed by atoms with Gasteiger partial charge < -0.3 is 15.2 Å². The third-order valence-electron chi connectivity index (χ3n) is 3.30. The fourth-order valence-electron chi connectivity index (χ4n) is 2.75. The maximum atomic E-state index is 5.91. The standard InChI is InChI=1S/C12H24N2O2/c1-12(2)9-14(8-11(6-13)16-12)7-10-4-3-5-15-10/h10-11H,3-9,13H2,1-2H3. The van der Waals surface area contributed by atoms with Gasteiger partial charge in [0.15, 0.2) is 0 Å². The molecule has 0 bridgehead atoms. The Morgan fingerprint density at radius 3 is 2.81 bits per heavy atom. The van der Waals surface area contributed by atoms with Crippen molar-refractivity contribution in [3.8, 4) is 0 Å². The number of morpholine rings is 1. The maximum absolute atomic E-state index is 5.91. The molecule has 4 nitrogen and oxygen atoms in total. The van der Waals surface area contributed by atoms with Crippen molar-refractivity contribution in [1.82, 2.24) is 4.90 Å². The summed E-state index contributed by atoms with van der Waals surface area (Å²) < 4.78 is 11.6. The molecule has 0 amide bonds. The molecule has 0 spiro atoms. The van der Waals surface area contributed by atoms with Crippen LogP contribution in [0.2, 0.25) is 0 Å². The number of ether oxygens (including phenoxy) is 2. The van der Waals surface area contributed by atoms with Crippen LogP contribution >= 0.6 is 0 Å². The van der Waals surface area contributed by atoms with Crippen molar-refractivity contribution in [2.24, 2.45) is 5.73 Å². The van der Waals surface area contributed by atoms with Crippen LogP contribution in [0.1, 0.15) is 26.7 Å². The second kappa shape index (κ2) is 5.00. The predicted octanol–water partition coefficient (Wildman–Crippen LogP) is 0.604. The van der Waals surface area contributed by atoms with E-state index in [9.17, 15) is 0 Å². The van der Waals surface area contributed by atoms with Gasteiger partial charge >= 0.3 is 0 Å². The molecule has 0 radical (unpaired) electrons. The molecule has 0 aromatic rings. The molecule has 0 aliphatic carbocycles. The second-order valence-corrected chi connectivity index (χ2v) is 5.56. The Bertz CT molecular complexity index is 227. The van der Waals surface area contributed by atoms with Crippen LogP contribution in [0.15, 0.2) is 0 Å². The van der Waals surface area contributed by atoms with Gasteiger partial charge in [-0.1, -0.05) is 0 Å². The van der Waals surface area contributed by atoms with Crippen molar-refractivity contribution in [1.29, 1.82) is 0 Å². The van der Waals surface area contributed by atoms with E-state index in [2.05, 4.69) is 18.7 Å². The topological polar surface area (TPSA) is 47.7 Å². The van der Waals surface area contributed by atoms with Gasteiger partial charge in [0.1, 0.15) is 0 Å². The van der Waals surface area contributed by atoms with Crippen LogP contribution < -0.4 is 5.73 Å². The highest BCUT2D eigenvalue weighted by Gasteiger charge is 2.34. The number of nitrogens with two attached hydrogens (primary N) is 1. The fourth-order valence-corrected chi connectivity index (χ4v) is 2.75. The molecule has 0 aromatic carbocycles. The number of nitrogens with zero attached hydrogens (tertiary/aromatic N) is 1. The Morgan fingerprint density at radius 2 is 2.19 bits per heavy atom. The Kier molecular flexibility index (Phi) is 3.85. The summed E-state index contributed by atoms with van der Waals surface area (Å²) in [6, 6.07) is 0. The molecule has 2 heterocycles. The first-order chi connectivity index (χ1) is 7.59. The average Bonchev–Trinajstić information content (AvgIpc) is 2.67. The molecule has 0 saturated carbocycles. The molecule has 0 aromatic heterocycles. The van der Waals surface area contributed by atoms with Gasteiger partial charge in [-0.2, -0.15) is 0 Å². The van der Waals surface area contributed by atoms with Crippen LogP contribution in [0, 0.1) is 0 Å². The highest BCUT2D eigenvalue weighted by molar-refractivity contribution is 4.86. The van der Waals surface area contributed by atoms with E-state index in [0.29, 0.717) is 12.6 Å². The van der Waals surface area contributed by atoms with E-state index in [1.54, 1.807) is 0 Å². The van der Waals surface area contributed by atoms with Crippen molar-refractivity contribution < 1.29 is 9.47 Å². The Balaban J connectivity index is 1.87. The normalized spacial score (nSPS) is 35.4. The summed E-state index contributed by atoms with van der Waals surface area (Å²) >= 11 is 0. The van der Waals surface area contributed by atoms with Crippen LogP contribution in [0.5, 0.6) is 0 Å². The number of hydrogen-bond acceptors (Lipinski definition) is 4. The van der Waals surface area contributed by atoms with E-state index in [0.717, 1.165) is 26.2 Å². The first-order valence-corrected chi connectivity index (χ1v) is 6.31. The summed E-state index contributed by atoms with van der Waals surface area (Å²) in [7, 11) is 0. The molecule has 2 unspecified atom stereocenters. The first kappa shape index (κ1) is 12.3. The number of rotatable bonds is 3. The molecule has 2 rings (SSSR count). The lowest BCUT2D eigenvalue weighted by Crippen LogP contribution is -2.56. The minimum absolute atomic E-state index is 0.0824. The summed E-state index contributed by atoms with van der Waals surface area (Å²) in [5, 5.41) is 0. The van der Waals surface area contributed by atoms with Gasteiger partial charge in [-0.25, -0.2) is 0 Å². The van der Waals surface area contributed by atoms with Gasteiger partial charge in [-0.05, 0) is 26.7 Å². The fraction of sp³-hybridized carbons (Fsp3) is 1.00. The summed E-state index contributed by atoms with van der Waals surface area (Å²) in [6.07, 6.45) is 3.00. The second-order valence-electron chi connectivity index (χ2n) is 5.56. The van der Waals surface area contributed by atoms with Crippen LogP contribution in [-0.2, 0) is 9.47 Å². The van der Waals surface area contributed by atoms with Gasteiger partial charge in [0.25, 0.3) is 0 Å². The van der Waals surface area contributed by atoms with Crippen molar-refractivity contribution in [3.05, 3.63) is 0 Å². The average molecular weight is 228 g/mol. The van der Waals surface area contributed by atoms with Gasteiger partial charge in [0.2, 0.25) is 0 Å². The zero-order valence-electron chi connectivity index (χ0n) is 10.4. The van der Waals surface area contributed by atoms with E-state index >= 15 is 0 Å². The smallest absolute Gasteiger partial charge is 0.0831 e. The Hall–Kier alpha value is -0.160. The molecule has 2 aliphatic rings. The van der Waals surface area contributed by atoms with Crippen molar-refractivity contribution in [2.45, 2.75) is 44.5 Å². The highest BCUT2D eigenvalue weighted by atomic mass is 16.5. The Labute approximate surface area is 98.1 Å². The first-order valence-electron chi connectivity index (χ1n) is 6.31. The molecular weight excluding hydrogens is 204 g/mol. The molecular formula is C12H24N2O2. The maximum Gasteiger partial charge on any atom is 0.0831 e. The third-order valence-corrected chi connectivity index (χ3v) is 3.30. The van der Waals surface area contributed by atoms with Gasteiger partial charge in [0.05, 0.1) is 17.8 Å². The summed E-state index contributed by atoms with van der Waals surface area (Å²) in [5.41, 5.74) is 5.63. The van der Waals surface area contributed by atoms with Gasteiger partial charge in [0, 0.05) is 32.8 Å².